The van der Waals surface area contributed by atoms with E-state index in [1.165, 1.54) is 18.2 Å². The van der Waals surface area contributed by atoms with Crippen molar-refractivity contribution >= 4 is 10.1 Å². The summed E-state index contributed by atoms with van der Waals surface area (Å²) in [5.74, 6) is 0.193. The molecule has 1 rings (SSSR count). The monoisotopic (exact) mass is 273 g/mol. The molecule has 0 fully saturated rings. The fraction of sp³-hybridized carbons (Fsp3) is 0.500. The zero-order chi connectivity index (χ0) is 13.4. The number of benzene rings is 1. The van der Waals surface area contributed by atoms with Crippen LogP contribution in [-0.2, 0) is 10.1 Å². The maximum atomic E-state index is 11.1. The molecule has 0 aromatic heterocycles. The number of para-hydroxylation sites is 1. The predicted octanol–water partition coefficient (Wildman–Crippen LogP) is 1.83. The summed E-state index contributed by atoms with van der Waals surface area (Å²) in [6.45, 7) is 1.11. The molecule has 5 nitrogen and oxygen atoms in total. The van der Waals surface area contributed by atoms with Crippen molar-refractivity contribution in [2.75, 3.05) is 13.2 Å². The van der Waals surface area contributed by atoms with Crippen LogP contribution in [0.1, 0.15) is 25.7 Å². The van der Waals surface area contributed by atoms with Gasteiger partial charge in [-0.1, -0.05) is 25.0 Å². The summed E-state index contributed by atoms with van der Waals surface area (Å²) in [4.78, 5) is -0.188. The normalized spacial score (nSPS) is 11.4. The molecule has 18 heavy (non-hydrogen) atoms. The lowest BCUT2D eigenvalue weighted by molar-refractivity contribution is 0.296. The van der Waals surface area contributed by atoms with E-state index in [4.69, 9.17) is 15.0 Å². The summed E-state index contributed by atoms with van der Waals surface area (Å²) in [5, 5.41) is 0. The lowest BCUT2D eigenvalue weighted by Crippen LogP contribution is -2.05. The highest BCUT2D eigenvalue weighted by atomic mass is 32.2. The predicted molar refractivity (Wildman–Crippen MR) is 69.3 cm³/mol. The van der Waals surface area contributed by atoms with E-state index >= 15 is 0 Å². The number of rotatable bonds is 8. The molecule has 3 N–H and O–H groups in total. The molecule has 0 saturated heterocycles. The fourth-order valence-corrected chi connectivity index (χ4v) is 2.20. The first-order valence-electron chi connectivity index (χ1n) is 5.95. The molecule has 0 saturated carbocycles. The van der Waals surface area contributed by atoms with Crippen molar-refractivity contribution in [2.24, 2.45) is 5.73 Å². The Morgan fingerprint density at radius 3 is 2.44 bits per heavy atom. The average molecular weight is 273 g/mol. The molecule has 0 radical (unpaired) electrons. The molecule has 0 amide bonds. The lowest BCUT2D eigenvalue weighted by Gasteiger charge is -2.09. The molecule has 102 valence electrons. The Bertz CT molecular complexity index is 459. The zero-order valence-corrected chi connectivity index (χ0v) is 11.0. The highest BCUT2D eigenvalue weighted by molar-refractivity contribution is 7.86. The lowest BCUT2D eigenvalue weighted by atomic mass is 10.2. The van der Waals surface area contributed by atoms with E-state index in [0.717, 1.165) is 25.7 Å². The second-order valence-corrected chi connectivity index (χ2v) is 5.36. The van der Waals surface area contributed by atoms with E-state index in [-0.39, 0.29) is 10.6 Å². The SMILES string of the molecule is NCCCCCCOc1ccccc1S(=O)(=O)O. The Balaban J connectivity index is 2.48. The van der Waals surface area contributed by atoms with Crippen LogP contribution < -0.4 is 10.5 Å². The molecule has 0 aliphatic heterocycles. The molecular formula is C12H19NO4S. The Labute approximate surface area is 108 Å². The van der Waals surface area contributed by atoms with Crippen molar-refractivity contribution in [1.82, 2.24) is 0 Å². The summed E-state index contributed by atoms with van der Waals surface area (Å²) in [5.41, 5.74) is 5.38. The third kappa shape index (κ3) is 5.03. The van der Waals surface area contributed by atoms with Crippen LogP contribution in [0, 0.1) is 0 Å². The highest BCUT2D eigenvalue weighted by Crippen LogP contribution is 2.23. The first-order chi connectivity index (χ1) is 8.55. The van der Waals surface area contributed by atoms with Crippen molar-refractivity contribution in [3.8, 4) is 5.75 Å². The van der Waals surface area contributed by atoms with Crippen molar-refractivity contribution < 1.29 is 17.7 Å². The largest absolute Gasteiger partial charge is 0.492 e. The zero-order valence-electron chi connectivity index (χ0n) is 10.2. The number of ether oxygens (including phenoxy) is 1. The summed E-state index contributed by atoms with van der Waals surface area (Å²) in [6.07, 6.45) is 3.85. The summed E-state index contributed by atoms with van der Waals surface area (Å²) < 4.78 is 36.6. The van der Waals surface area contributed by atoms with Crippen LogP contribution in [0.5, 0.6) is 5.75 Å². The van der Waals surface area contributed by atoms with Crippen molar-refractivity contribution in [1.29, 1.82) is 0 Å². The Morgan fingerprint density at radius 2 is 1.78 bits per heavy atom. The van der Waals surface area contributed by atoms with Crippen molar-refractivity contribution in [3.63, 3.8) is 0 Å². The second-order valence-electron chi connectivity index (χ2n) is 3.97. The molecule has 0 bridgehead atoms. The van der Waals surface area contributed by atoms with E-state index in [1.807, 2.05) is 0 Å². The molecule has 0 aliphatic carbocycles. The van der Waals surface area contributed by atoms with Crippen LogP contribution in [0.3, 0.4) is 0 Å². The average Bonchev–Trinajstić information content (AvgIpc) is 2.33. The van der Waals surface area contributed by atoms with E-state index in [0.29, 0.717) is 13.2 Å². The molecule has 0 aliphatic rings. The summed E-state index contributed by atoms with van der Waals surface area (Å²) in [6, 6.07) is 6.05. The van der Waals surface area contributed by atoms with Gasteiger partial charge >= 0.3 is 0 Å². The van der Waals surface area contributed by atoms with Gasteiger partial charge < -0.3 is 10.5 Å². The van der Waals surface area contributed by atoms with Crippen LogP contribution in [0.2, 0.25) is 0 Å². The van der Waals surface area contributed by atoms with Crippen LogP contribution in [0.4, 0.5) is 0 Å². The van der Waals surface area contributed by atoms with Gasteiger partial charge in [-0.25, -0.2) is 0 Å². The Morgan fingerprint density at radius 1 is 1.11 bits per heavy atom. The van der Waals surface area contributed by atoms with Gasteiger partial charge in [0, 0.05) is 0 Å². The van der Waals surface area contributed by atoms with Crippen LogP contribution in [-0.4, -0.2) is 26.1 Å². The van der Waals surface area contributed by atoms with E-state index in [1.54, 1.807) is 6.07 Å². The quantitative estimate of drug-likeness (QED) is 0.557. The Kier molecular flexibility index (Phi) is 6.11. The van der Waals surface area contributed by atoms with Crippen LogP contribution in [0.25, 0.3) is 0 Å². The van der Waals surface area contributed by atoms with E-state index in [9.17, 15) is 8.42 Å². The third-order valence-corrected chi connectivity index (χ3v) is 3.38. The molecule has 6 heteroatoms. The summed E-state index contributed by atoms with van der Waals surface area (Å²) in [7, 11) is -4.23. The number of nitrogens with two attached hydrogens (primary N) is 1. The van der Waals surface area contributed by atoms with Crippen molar-refractivity contribution in [3.05, 3.63) is 24.3 Å². The van der Waals surface area contributed by atoms with Crippen molar-refractivity contribution in [2.45, 2.75) is 30.6 Å². The number of hydrogen-bond acceptors (Lipinski definition) is 4. The van der Waals surface area contributed by atoms with Gasteiger partial charge in [0.25, 0.3) is 10.1 Å². The first kappa shape index (κ1) is 14.9. The standard InChI is InChI=1S/C12H19NO4S/c13-9-5-1-2-6-10-17-11-7-3-4-8-12(11)18(14,15)16/h3-4,7-8H,1-2,5-6,9-10,13H2,(H,14,15,16). The molecule has 0 atom stereocenters. The topological polar surface area (TPSA) is 89.6 Å². The first-order valence-corrected chi connectivity index (χ1v) is 7.39. The third-order valence-electron chi connectivity index (χ3n) is 2.48. The molecular weight excluding hydrogens is 254 g/mol. The molecule has 1 aromatic carbocycles. The second kappa shape index (κ2) is 7.35. The smallest absolute Gasteiger partial charge is 0.298 e. The van der Waals surface area contributed by atoms with Gasteiger partial charge in [0.05, 0.1) is 6.61 Å². The van der Waals surface area contributed by atoms with Gasteiger partial charge in [0.1, 0.15) is 10.6 Å². The van der Waals surface area contributed by atoms with Gasteiger partial charge in [-0.3, -0.25) is 4.55 Å². The van der Waals surface area contributed by atoms with Gasteiger partial charge in [-0.2, -0.15) is 8.42 Å². The van der Waals surface area contributed by atoms with E-state index < -0.39 is 10.1 Å². The van der Waals surface area contributed by atoms with E-state index in [2.05, 4.69) is 0 Å². The summed E-state index contributed by atoms with van der Waals surface area (Å²) >= 11 is 0. The van der Waals surface area contributed by atoms with Gasteiger partial charge in [-0.15, -0.1) is 0 Å². The minimum Gasteiger partial charge on any atom is -0.492 e. The number of unbranched alkanes of at least 4 members (excludes halogenated alkanes) is 3. The highest BCUT2D eigenvalue weighted by Gasteiger charge is 2.15. The van der Waals surface area contributed by atoms with Crippen LogP contribution in [0.15, 0.2) is 29.2 Å². The minimum absolute atomic E-state index is 0.188. The molecule has 0 spiro atoms. The Hall–Kier alpha value is -1.11. The molecule has 0 unspecified atom stereocenters. The molecule has 1 aromatic rings. The van der Waals surface area contributed by atoms with Crippen LogP contribution >= 0.6 is 0 Å². The maximum Gasteiger partial charge on any atom is 0.298 e. The van der Waals surface area contributed by atoms with Gasteiger partial charge in [0.15, 0.2) is 0 Å². The minimum atomic E-state index is -4.23. The van der Waals surface area contributed by atoms with Gasteiger partial charge in [0.2, 0.25) is 0 Å². The number of hydrogen-bond donors (Lipinski definition) is 2. The maximum absolute atomic E-state index is 11.1. The fourth-order valence-electron chi connectivity index (χ4n) is 1.56. The van der Waals surface area contributed by atoms with Gasteiger partial charge in [-0.05, 0) is 31.5 Å². The molecule has 0 heterocycles.